The van der Waals surface area contributed by atoms with Crippen molar-refractivity contribution in [3.8, 4) is 22.8 Å². The van der Waals surface area contributed by atoms with Crippen molar-refractivity contribution in [3.05, 3.63) is 72.6 Å². The van der Waals surface area contributed by atoms with Crippen LogP contribution in [0, 0.1) is 11.6 Å². The highest BCUT2D eigenvalue weighted by atomic mass is 19.1. The Labute approximate surface area is 241 Å². The number of hydrogen-bond acceptors (Lipinski definition) is 8. The summed E-state index contributed by atoms with van der Waals surface area (Å²) in [6, 6.07) is 13.5. The van der Waals surface area contributed by atoms with Gasteiger partial charge in [0.15, 0.2) is 11.6 Å². The van der Waals surface area contributed by atoms with E-state index in [-0.39, 0.29) is 36.5 Å². The van der Waals surface area contributed by atoms with Gasteiger partial charge in [-0.2, -0.15) is 0 Å². The minimum atomic E-state index is -0.384. The molecule has 13 heteroatoms. The van der Waals surface area contributed by atoms with E-state index in [0.29, 0.717) is 67.9 Å². The second kappa shape index (κ2) is 11.5. The van der Waals surface area contributed by atoms with Gasteiger partial charge < -0.3 is 19.6 Å². The highest BCUT2D eigenvalue weighted by Gasteiger charge is 2.26. The van der Waals surface area contributed by atoms with Crippen LogP contribution in [0.4, 0.5) is 20.4 Å². The highest BCUT2D eigenvalue weighted by molar-refractivity contribution is 5.82. The van der Waals surface area contributed by atoms with Crippen LogP contribution in [0.5, 0.6) is 0 Å². The van der Waals surface area contributed by atoms with Gasteiger partial charge in [0, 0.05) is 63.5 Å². The summed E-state index contributed by atoms with van der Waals surface area (Å²) in [4.78, 5) is 46.5. The molecule has 2 aromatic heterocycles. The van der Waals surface area contributed by atoms with E-state index in [4.69, 9.17) is 0 Å². The van der Waals surface area contributed by atoms with Crippen LogP contribution in [0.15, 0.2) is 60.9 Å². The average Bonchev–Trinajstić information content (AvgIpc) is 3.43. The summed E-state index contributed by atoms with van der Waals surface area (Å²) in [5.41, 5.74) is 1.21. The van der Waals surface area contributed by atoms with Crippen molar-refractivity contribution in [1.29, 1.82) is 0 Å². The number of piperazine rings is 2. The molecule has 2 fully saturated rings. The number of rotatable bonds is 6. The summed E-state index contributed by atoms with van der Waals surface area (Å²) >= 11 is 0. The number of halogens is 2. The van der Waals surface area contributed by atoms with Gasteiger partial charge in [-0.25, -0.2) is 28.4 Å². The number of anilines is 2. The van der Waals surface area contributed by atoms with Gasteiger partial charge in [0.25, 0.3) is 0 Å². The number of likely N-dealkylation sites (N-methyl/N-ethyl adjacent to an activating group) is 1. The van der Waals surface area contributed by atoms with E-state index in [1.54, 1.807) is 41.1 Å². The van der Waals surface area contributed by atoms with Gasteiger partial charge in [0.2, 0.25) is 11.8 Å². The monoisotopic (exact) mass is 573 g/mol. The van der Waals surface area contributed by atoms with E-state index in [2.05, 4.69) is 25.0 Å². The first kappa shape index (κ1) is 27.2. The molecule has 4 heterocycles. The second-order valence-corrected chi connectivity index (χ2v) is 10.3. The van der Waals surface area contributed by atoms with E-state index in [0.717, 1.165) is 5.82 Å². The van der Waals surface area contributed by atoms with Crippen molar-refractivity contribution in [2.24, 2.45) is 0 Å². The number of amides is 2. The molecule has 0 N–H and O–H groups in total. The topological polar surface area (TPSA) is 104 Å². The maximum atomic E-state index is 13.6. The fourth-order valence-corrected chi connectivity index (χ4v) is 5.04. The number of carbonyl (C=O) groups excluding carboxylic acids is 2. The summed E-state index contributed by atoms with van der Waals surface area (Å²) in [5.74, 6) is 1.37. The lowest BCUT2D eigenvalue weighted by atomic mass is 10.2. The number of nitrogens with zero attached hydrogens (tertiary/aromatic N) is 9. The predicted octanol–water partition coefficient (Wildman–Crippen LogP) is 2.31. The fraction of sp³-hybridized carbons (Fsp3) is 0.310. The minimum Gasteiger partial charge on any atom is -0.353 e. The molecule has 0 atom stereocenters. The molecule has 0 saturated carbocycles. The summed E-state index contributed by atoms with van der Waals surface area (Å²) in [7, 11) is 1.79. The Hall–Kier alpha value is -4.94. The van der Waals surface area contributed by atoms with Crippen molar-refractivity contribution in [2.45, 2.75) is 6.54 Å². The normalized spacial score (nSPS) is 15.8. The molecular weight excluding hydrogens is 544 g/mol. The Kier molecular flexibility index (Phi) is 7.46. The summed E-state index contributed by atoms with van der Waals surface area (Å²) < 4.78 is 28.6. The van der Waals surface area contributed by atoms with Crippen molar-refractivity contribution in [2.75, 3.05) is 62.7 Å². The first-order valence-corrected chi connectivity index (χ1v) is 13.6. The lowest BCUT2D eigenvalue weighted by Gasteiger charge is -2.36. The van der Waals surface area contributed by atoms with Crippen LogP contribution in [-0.4, -0.2) is 99.2 Å². The van der Waals surface area contributed by atoms with Crippen LogP contribution in [0.2, 0.25) is 0 Å². The molecular formula is C29H29F2N9O2. The van der Waals surface area contributed by atoms with Gasteiger partial charge in [-0.3, -0.25) is 9.59 Å². The van der Waals surface area contributed by atoms with Gasteiger partial charge >= 0.3 is 0 Å². The zero-order valence-corrected chi connectivity index (χ0v) is 23.0. The average molecular weight is 574 g/mol. The standard InChI is InChI=1S/C29H29F2N9O2/c1-36-10-11-39(17-26(36)41)25-16-24(32-19-33-25)37-12-14-38(15-13-37)27(42)18-40-29(21-4-8-23(31)9-5-21)34-28(35-40)20-2-6-22(30)7-3-20/h2-9,16,19H,10-15,17-18H2,1H3. The minimum absolute atomic E-state index is 0.0493. The van der Waals surface area contributed by atoms with Crippen LogP contribution < -0.4 is 9.80 Å². The van der Waals surface area contributed by atoms with Crippen LogP contribution in [0.3, 0.4) is 0 Å². The molecule has 0 radical (unpaired) electrons. The molecule has 42 heavy (non-hydrogen) atoms. The van der Waals surface area contributed by atoms with Crippen LogP contribution in [0.25, 0.3) is 22.8 Å². The van der Waals surface area contributed by atoms with Crippen molar-refractivity contribution in [1.82, 2.24) is 34.5 Å². The number of aromatic nitrogens is 5. The zero-order chi connectivity index (χ0) is 29.2. The lowest BCUT2D eigenvalue weighted by molar-refractivity contribution is -0.132. The molecule has 2 aliphatic rings. The quantitative estimate of drug-likeness (QED) is 0.346. The third-order valence-electron chi connectivity index (χ3n) is 7.54. The van der Waals surface area contributed by atoms with E-state index in [1.807, 2.05) is 11.0 Å². The molecule has 2 amide bonds. The third-order valence-corrected chi connectivity index (χ3v) is 7.54. The van der Waals surface area contributed by atoms with Crippen molar-refractivity contribution in [3.63, 3.8) is 0 Å². The SMILES string of the molecule is CN1CCN(c2cc(N3CCN(C(=O)Cn4nc(-c5ccc(F)cc5)nc4-c4ccc(F)cc4)CC3)ncn2)CC1=O. The molecule has 4 aromatic rings. The van der Waals surface area contributed by atoms with Gasteiger partial charge in [-0.05, 0) is 48.5 Å². The fourth-order valence-electron chi connectivity index (χ4n) is 5.04. The van der Waals surface area contributed by atoms with Gasteiger partial charge in [0.05, 0.1) is 6.54 Å². The Bertz CT molecular complexity index is 1590. The summed E-state index contributed by atoms with van der Waals surface area (Å²) in [6.07, 6.45) is 1.51. The number of carbonyl (C=O) groups is 2. The molecule has 2 aromatic carbocycles. The van der Waals surface area contributed by atoms with E-state index < -0.39 is 0 Å². The largest absolute Gasteiger partial charge is 0.353 e. The molecule has 2 saturated heterocycles. The number of benzene rings is 2. The van der Waals surface area contributed by atoms with Gasteiger partial charge in [0.1, 0.15) is 36.1 Å². The Morgan fingerprint density at radius 3 is 2.05 bits per heavy atom. The molecule has 0 aliphatic carbocycles. The zero-order valence-electron chi connectivity index (χ0n) is 23.0. The summed E-state index contributed by atoms with van der Waals surface area (Å²) in [5, 5.41) is 4.55. The van der Waals surface area contributed by atoms with Crippen LogP contribution in [-0.2, 0) is 16.1 Å². The first-order valence-electron chi connectivity index (χ1n) is 13.6. The molecule has 216 valence electrons. The second-order valence-electron chi connectivity index (χ2n) is 10.3. The van der Waals surface area contributed by atoms with Crippen LogP contribution >= 0.6 is 0 Å². The Morgan fingerprint density at radius 2 is 1.40 bits per heavy atom. The van der Waals surface area contributed by atoms with Gasteiger partial charge in [-0.15, -0.1) is 5.10 Å². The molecule has 0 unspecified atom stereocenters. The maximum Gasteiger partial charge on any atom is 0.244 e. The molecule has 11 nitrogen and oxygen atoms in total. The first-order chi connectivity index (χ1) is 20.3. The third kappa shape index (κ3) is 5.76. The lowest BCUT2D eigenvalue weighted by Crippen LogP contribution is -2.50. The molecule has 6 rings (SSSR count). The van der Waals surface area contributed by atoms with Crippen molar-refractivity contribution < 1.29 is 18.4 Å². The van der Waals surface area contributed by atoms with Gasteiger partial charge in [-0.1, -0.05) is 0 Å². The summed E-state index contributed by atoms with van der Waals surface area (Å²) in [6.45, 7) is 3.67. The van der Waals surface area contributed by atoms with E-state index in [9.17, 15) is 18.4 Å². The van der Waals surface area contributed by atoms with E-state index >= 15 is 0 Å². The number of hydrogen-bond donors (Lipinski definition) is 0. The molecule has 0 bridgehead atoms. The van der Waals surface area contributed by atoms with Crippen LogP contribution in [0.1, 0.15) is 0 Å². The van der Waals surface area contributed by atoms with Crippen molar-refractivity contribution >= 4 is 23.5 Å². The Morgan fingerprint density at radius 1 is 0.810 bits per heavy atom. The Balaban J connectivity index is 1.14. The highest BCUT2D eigenvalue weighted by Crippen LogP contribution is 2.24. The maximum absolute atomic E-state index is 13.6. The molecule has 0 spiro atoms. The molecule has 2 aliphatic heterocycles. The smallest absolute Gasteiger partial charge is 0.244 e. The predicted molar refractivity (Wildman–Crippen MR) is 151 cm³/mol. The van der Waals surface area contributed by atoms with E-state index in [1.165, 1.54) is 35.3 Å².